The van der Waals surface area contributed by atoms with E-state index in [1.807, 2.05) is 30.9 Å². The first-order chi connectivity index (χ1) is 17.0. The number of unbranched alkanes of at least 4 members (excludes halogenated alkanes) is 5. The third-order valence-electron chi connectivity index (χ3n) is 6.24. The first kappa shape index (κ1) is 28.4. The number of rotatable bonds is 14. The second kappa shape index (κ2) is 16.7. The molecule has 2 amide bonds. The molecule has 0 radical (unpaired) electrons. The molecular weight excluding hydrogens is 442 g/mol. The minimum Gasteiger partial charge on any atom is -0.369 e. The highest BCUT2D eigenvalue weighted by molar-refractivity contribution is 5.95. The topological polar surface area (TPSA) is 120 Å². The summed E-state index contributed by atoms with van der Waals surface area (Å²) in [6, 6.07) is 3.67. The van der Waals surface area contributed by atoms with Crippen LogP contribution in [0.3, 0.4) is 0 Å². The highest BCUT2D eigenvalue weighted by Crippen LogP contribution is 2.24. The lowest BCUT2D eigenvalue weighted by Gasteiger charge is -2.27. The Morgan fingerprint density at radius 1 is 1.14 bits per heavy atom. The predicted octanol–water partition coefficient (Wildman–Crippen LogP) is 4.96. The van der Waals surface area contributed by atoms with Crippen molar-refractivity contribution < 1.29 is 9.63 Å². The van der Waals surface area contributed by atoms with Crippen molar-refractivity contribution in [3.63, 3.8) is 0 Å². The summed E-state index contributed by atoms with van der Waals surface area (Å²) < 4.78 is 0. The summed E-state index contributed by atoms with van der Waals surface area (Å²) in [5.41, 5.74) is 6.86. The van der Waals surface area contributed by atoms with Crippen molar-refractivity contribution in [2.24, 2.45) is 16.6 Å². The van der Waals surface area contributed by atoms with Gasteiger partial charge in [0, 0.05) is 30.7 Å². The molecule has 2 rings (SSSR count). The predicted molar refractivity (Wildman–Crippen MR) is 139 cm³/mol. The van der Waals surface area contributed by atoms with Crippen LogP contribution in [-0.4, -0.2) is 47.8 Å². The molecule has 194 valence electrons. The number of aliphatic imine (C=N–C) groups is 1. The molecule has 0 unspecified atom stereocenters. The van der Waals surface area contributed by atoms with Gasteiger partial charge in [0.1, 0.15) is 0 Å². The molecule has 1 aliphatic rings. The minimum atomic E-state index is -0.136. The Morgan fingerprint density at radius 3 is 2.40 bits per heavy atom. The van der Waals surface area contributed by atoms with Crippen LogP contribution in [0.4, 0.5) is 10.5 Å². The van der Waals surface area contributed by atoms with Crippen LogP contribution in [0.1, 0.15) is 84.5 Å². The van der Waals surface area contributed by atoms with Crippen LogP contribution in [0, 0.1) is 17.4 Å². The Morgan fingerprint density at radius 2 is 1.77 bits per heavy atom. The van der Waals surface area contributed by atoms with Gasteiger partial charge in [-0.15, -0.1) is 4.99 Å². The van der Waals surface area contributed by atoms with E-state index >= 15 is 0 Å². The van der Waals surface area contributed by atoms with E-state index in [1.165, 1.54) is 32.1 Å². The summed E-state index contributed by atoms with van der Waals surface area (Å²) in [5, 5.41) is 13.3. The number of amides is 2. The molecule has 1 saturated carbocycles. The molecule has 9 heteroatoms. The number of aromatic nitrogens is 1. The van der Waals surface area contributed by atoms with Crippen LogP contribution in [0.2, 0.25) is 0 Å². The van der Waals surface area contributed by atoms with E-state index < -0.39 is 0 Å². The quantitative estimate of drug-likeness (QED) is 0.126. The van der Waals surface area contributed by atoms with Gasteiger partial charge >= 0.3 is 6.03 Å². The van der Waals surface area contributed by atoms with Crippen LogP contribution in [-0.2, 0) is 4.84 Å². The zero-order valence-electron chi connectivity index (χ0n) is 21.5. The van der Waals surface area contributed by atoms with Crippen molar-refractivity contribution in [2.45, 2.75) is 90.5 Å². The number of pyridine rings is 1. The zero-order valence-corrected chi connectivity index (χ0v) is 21.5. The second-order valence-electron chi connectivity index (χ2n) is 9.55. The van der Waals surface area contributed by atoms with Crippen molar-refractivity contribution in [1.82, 2.24) is 15.4 Å². The van der Waals surface area contributed by atoms with E-state index in [0.717, 1.165) is 44.2 Å². The molecule has 0 aliphatic heterocycles. The fraction of sp³-hybridized carbons (Fsp3) is 0.692. The van der Waals surface area contributed by atoms with Gasteiger partial charge in [-0.05, 0) is 57.6 Å². The molecule has 1 aromatic rings. The Labute approximate surface area is 210 Å². The number of carbonyl (C=O) groups excluding carboxylic acids is 1. The number of guanidine groups is 1. The molecule has 0 aromatic carbocycles. The molecule has 1 fully saturated rings. The third kappa shape index (κ3) is 11.4. The normalized spacial score (nSPS) is 14.5. The fourth-order valence-corrected chi connectivity index (χ4v) is 4.34. The molecule has 3 N–H and O–H groups in total. The van der Waals surface area contributed by atoms with Gasteiger partial charge < -0.3 is 16.0 Å². The van der Waals surface area contributed by atoms with Gasteiger partial charge in [0.25, 0.3) is 0 Å². The van der Waals surface area contributed by atoms with E-state index in [0.29, 0.717) is 25.6 Å². The van der Waals surface area contributed by atoms with E-state index in [2.05, 4.69) is 15.3 Å². The number of anilines is 1. The molecule has 9 nitrogen and oxygen atoms in total. The van der Waals surface area contributed by atoms with E-state index in [-0.39, 0.29) is 18.0 Å². The second-order valence-corrected chi connectivity index (χ2v) is 9.55. The minimum absolute atomic E-state index is 0.0854. The standard InChI is InChI=1S/C26H43N7O2/c1-22(2)31-26(34)33(35-20-23-12-8-7-9-13-23)19-11-6-4-3-5-10-18-32(25(28)30-21-27)24-14-16-29-17-15-24/h14-17,22-23H,3-13,18-20H2,1-2H3,(H2,28,30)(H,31,34). The van der Waals surface area contributed by atoms with Gasteiger partial charge in [0.2, 0.25) is 12.2 Å². The monoisotopic (exact) mass is 485 g/mol. The summed E-state index contributed by atoms with van der Waals surface area (Å²) in [5.74, 6) is 0.767. The van der Waals surface area contributed by atoms with Crippen LogP contribution >= 0.6 is 0 Å². The summed E-state index contributed by atoms with van der Waals surface area (Å²) in [4.78, 5) is 28.1. The van der Waals surface area contributed by atoms with Gasteiger partial charge in [-0.2, -0.15) is 5.26 Å². The lowest BCUT2D eigenvalue weighted by atomic mass is 9.90. The fourth-order valence-electron chi connectivity index (χ4n) is 4.34. The molecule has 0 atom stereocenters. The highest BCUT2D eigenvalue weighted by Gasteiger charge is 2.19. The van der Waals surface area contributed by atoms with E-state index in [9.17, 15) is 4.79 Å². The smallest absolute Gasteiger partial charge is 0.341 e. The summed E-state index contributed by atoms with van der Waals surface area (Å²) in [6.45, 7) is 5.87. The van der Waals surface area contributed by atoms with Crippen molar-refractivity contribution >= 4 is 17.7 Å². The molecule has 1 aliphatic carbocycles. The molecule has 1 heterocycles. The van der Waals surface area contributed by atoms with Gasteiger partial charge in [0.05, 0.1) is 13.2 Å². The number of nitriles is 1. The maximum absolute atomic E-state index is 12.6. The number of nitrogens with one attached hydrogen (secondary N) is 1. The number of hydrogen-bond acceptors (Lipinski definition) is 5. The first-order valence-corrected chi connectivity index (χ1v) is 13.1. The van der Waals surface area contributed by atoms with Crippen molar-refractivity contribution in [1.29, 1.82) is 5.26 Å². The average molecular weight is 486 g/mol. The van der Waals surface area contributed by atoms with Crippen LogP contribution in [0.15, 0.2) is 29.5 Å². The number of nitrogens with zero attached hydrogens (tertiary/aromatic N) is 5. The van der Waals surface area contributed by atoms with Gasteiger partial charge in [-0.3, -0.25) is 9.82 Å². The molecule has 0 saturated heterocycles. The Hall–Kier alpha value is -2.86. The summed E-state index contributed by atoms with van der Waals surface area (Å²) >= 11 is 0. The van der Waals surface area contributed by atoms with Crippen LogP contribution in [0.5, 0.6) is 0 Å². The highest BCUT2D eigenvalue weighted by atomic mass is 16.7. The first-order valence-electron chi connectivity index (χ1n) is 13.1. The molecule has 0 bridgehead atoms. The Balaban J connectivity index is 1.67. The van der Waals surface area contributed by atoms with Crippen LogP contribution in [0.25, 0.3) is 0 Å². The Kier molecular flexibility index (Phi) is 13.6. The maximum atomic E-state index is 12.6. The molecule has 35 heavy (non-hydrogen) atoms. The van der Waals surface area contributed by atoms with Gasteiger partial charge in [0.15, 0.2) is 0 Å². The summed E-state index contributed by atoms with van der Waals surface area (Å²) in [7, 11) is 0. The van der Waals surface area contributed by atoms with Crippen molar-refractivity contribution in [3.8, 4) is 6.19 Å². The largest absolute Gasteiger partial charge is 0.369 e. The summed E-state index contributed by atoms with van der Waals surface area (Å²) in [6.07, 6.45) is 17.6. The lowest BCUT2D eigenvalue weighted by Crippen LogP contribution is -2.44. The van der Waals surface area contributed by atoms with E-state index in [4.69, 9.17) is 15.8 Å². The van der Waals surface area contributed by atoms with Crippen LogP contribution < -0.4 is 16.0 Å². The number of urea groups is 1. The third-order valence-corrected chi connectivity index (χ3v) is 6.24. The number of hydrogen-bond donors (Lipinski definition) is 2. The van der Waals surface area contributed by atoms with Crippen molar-refractivity contribution in [2.75, 3.05) is 24.6 Å². The number of carbonyl (C=O) groups is 1. The molecule has 0 spiro atoms. The number of hydroxylamine groups is 2. The zero-order chi connectivity index (χ0) is 25.3. The average Bonchev–Trinajstić information content (AvgIpc) is 2.85. The Bertz CT molecular complexity index is 789. The SMILES string of the molecule is CC(C)NC(=O)N(CCCCCCCCN(C(N)=NC#N)c1ccncc1)OCC1CCCCC1. The van der Waals surface area contributed by atoms with Gasteiger partial charge in [-0.1, -0.05) is 44.9 Å². The lowest BCUT2D eigenvalue weighted by molar-refractivity contribution is -0.133. The number of nitrogens with two attached hydrogens (primary N) is 1. The molecular formula is C26H43N7O2. The van der Waals surface area contributed by atoms with E-state index in [1.54, 1.807) is 23.7 Å². The van der Waals surface area contributed by atoms with Crippen molar-refractivity contribution in [3.05, 3.63) is 24.5 Å². The molecule has 1 aromatic heterocycles. The maximum Gasteiger partial charge on any atom is 0.341 e. The van der Waals surface area contributed by atoms with Gasteiger partial charge in [-0.25, -0.2) is 9.86 Å².